The predicted octanol–water partition coefficient (Wildman–Crippen LogP) is 2.75. The van der Waals surface area contributed by atoms with Gasteiger partial charge in [0.05, 0.1) is 0 Å². The van der Waals surface area contributed by atoms with Crippen molar-refractivity contribution in [3.63, 3.8) is 0 Å². The number of Topliss-reactive ketones (excluding diaryl/α,β-unsaturated/α-hetero) is 1. The molecule has 2 aromatic rings. The highest BCUT2D eigenvalue weighted by atomic mass is 16.3. The Kier molecular flexibility index (Phi) is 4.21. The van der Waals surface area contributed by atoms with Gasteiger partial charge in [-0.1, -0.05) is 0 Å². The Morgan fingerprint density at radius 1 is 0.615 bits per heavy atom. The number of hydrogen-bond acceptors (Lipinski definition) is 7. The summed E-state index contributed by atoms with van der Waals surface area (Å²) in [7, 11) is 0. The SMILES string of the molecule is O=C1/C(=C\c2cc(O)c(O)c(O)c2)CC/C1=C\c1cc(O)c(O)c(O)c1. The van der Waals surface area contributed by atoms with Gasteiger partial charge in [0.1, 0.15) is 0 Å². The largest absolute Gasteiger partial charge is 0.504 e. The van der Waals surface area contributed by atoms with Crippen LogP contribution in [0.15, 0.2) is 35.4 Å². The van der Waals surface area contributed by atoms with Gasteiger partial charge in [0, 0.05) is 11.1 Å². The summed E-state index contributed by atoms with van der Waals surface area (Å²) in [6.07, 6.45) is 3.88. The number of carbonyl (C=O) groups is 1. The summed E-state index contributed by atoms with van der Waals surface area (Å²) in [5.74, 6) is -3.47. The van der Waals surface area contributed by atoms with Gasteiger partial charge >= 0.3 is 0 Å². The van der Waals surface area contributed by atoms with Crippen LogP contribution in [0.3, 0.4) is 0 Å². The number of rotatable bonds is 2. The maximum atomic E-state index is 12.5. The van der Waals surface area contributed by atoms with E-state index in [0.717, 1.165) is 0 Å². The van der Waals surface area contributed by atoms with Crippen molar-refractivity contribution in [2.75, 3.05) is 0 Å². The Hall–Kier alpha value is -3.61. The molecule has 134 valence electrons. The van der Waals surface area contributed by atoms with Crippen molar-refractivity contribution in [2.45, 2.75) is 12.8 Å². The lowest BCUT2D eigenvalue weighted by atomic mass is 10.1. The smallest absolute Gasteiger partial charge is 0.200 e. The average molecular weight is 356 g/mol. The van der Waals surface area contributed by atoms with Gasteiger partial charge in [-0.25, -0.2) is 0 Å². The minimum absolute atomic E-state index is 0.246. The molecule has 1 fully saturated rings. The lowest BCUT2D eigenvalue weighted by Gasteiger charge is -2.04. The van der Waals surface area contributed by atoms with Crippen molar-refractivity contribution in [3.8, 4) is 34.5 Å². The molecule has 0 saturated heterocycles. The summed E-state index contributed by atoms with van der Waals surface area (Å²) in [4.78, 5) is 12.5. The first-order chi connectivity index (χ1) is 12.3. The van der Waals surface area contributed by atoms with E-state index in [9.17, 15) is 35.4 Å². The zero-order chi connectivity index (χ0) is 19.0. The molecule has 0 aromatic heterocycles. The summed E-state index contributed by atoms with van der Waals surface area (Å²) in [6, 6.07) is 4.92. The van der Waals surface area contributed by atoms with Gasteiger partial charge in [-0.3, -0.25) is 4.79 Å². The molecule has 7 heteroatoms. The van der Waals surface area contributed by atoms with Crippen LogP contribution in [-0.2, 0) is 4.79 Å². The van der Waals surface area contributed by atoms with E-state index in [0.29, 0.717) is 35.1 Å². The van der Waals surface area contributed by atoms with Gasteiger partial charge < -0.3 is 30.6 Å². The second-order valence-electron chi connectivity index (χ2n) is 5.98. The third-order valence-electron chi connectivity index (χ3n) is 4.11. The Morgan fingerprint density at radius 3 is 1.23 bits per heavy atom. The van der Waals surface area contributed by atoms with Crippen LogP contribution >= 0.6 is 0 Å². The van der Waals surface area contributed by atoms with Gasteiger partial charge in [-0.05, 0) is 60.4 Å². The number of phenols is 6. The lowest BCUT2D eigenvalue weighted by Crippen LogP contribution is -1.95. The second-order valence-corrected chi connectivity index (χ2v) is 5.98. The minimum atomic E-state index is -0.627. The summed E-state index contributed by atoms with van der Waals surface area (Å²) in [5, 5.41) is 56.9. The first-order valence-electron chi connectivity index (χ1n) is 7.72. The van der Waals surface area contributed by atoms with Crippen molar-refractivity contribution in [2.24, 2.45) is 0 Å². The fourth-order valence-corrected chi connectivity index (χ4v) is 2.80. The van der Waals surface area contributed by atoms with Crippen LogP contribution in [-0.4, -0.2) is 36.4 Å². The first kappa shape index (κ1) is 17.2. The molecule has 1 aliphatic rings. The normalized spacial score (nSPS) is 17.3. The Bertz CT molecular complexity index is 846. The zero-order valence-electron chi connectivity index (χ0n) is 13.5. The first-order valence-corrected chi connectivity index (χ1v) is 7.72. The molecular weight excluding hydrogens is 340 g/mol. The van der Waals surface area contributed by atoms with Crippen LogP contribution in [0, 0.1) is 0 Å². The summed E-state index contributed by atoms with van der Waals surface area (Å²) in [6.45, 7) is 0. The van der Waals surface area contributed by atoms with Crippen LogP contribution in [0.5, 0.6) is 34.5 Å². The van der Waals surface area contributed by atoms with E-state index >= 15 is 0 Å². The van der Waals surface area contributed by atoms with Gasteiger partial charge in [0.25, 0.3) is 0 Å². The minimum Gasteiger partial charge on any atom is -0.504 e. The van der Waals surface area contributed by atoms with E-state index in [1.807, 2.05) is 0 Å². The van der Waals surface area contributed by atoms with E-state index in [1.54, 1.807) is 0 Å². The van der Waals surface area contributed by atoms with Crippen molar-refractivity contribution in [3.05, 3.63) is 46.5 Å². The average Bonchev–Trinajstić information content (AvgIpc) is 2.90. The molecule has 0 aliphatic heterocycles. The van der Waals surface area contributed by atoms with E-state index in [1.165, 1.54) is 36.4 Å². The van der Waals surface area contributed by atoms with E-state index in [-0.39, 0.29) is 5.78 Å². The predicted molar refractivity (Wildman–Crippen MR) is 93.1 cm³/mol. The molecule has 2 aromatic carbocycles. The molecule has 0 radical (unpaired) electrons. The van der Waals surface area contributed by atoms with Crippen molar-refractivity contribution in [1.82, 2.24) is 0 Å². The highest BCUT2D eigenvalue weighted by Gasteiger charge is 2.23. The standard InChI is InChI=1S/C19H16O7/c20-13-5-9(6-14(21)18(13)25)3-11-1-2-12(17(11)24)4-10-7-15(22)19(26)16(23)8-10/h3-8,20-23,25-26H,1-2H2/b11-3-,12-4+. The van der Waals surface area contributed by atoms with E-state index < -0.39 is 34.5 Å². The van der Waals surface area contributed by atoms with Gasteiger partial charge in [-0.2, -0.15) is 0 Å². The maximum Gasteiger partial charge on any atom is 0.200 e. The highest BCUT2D eigenvalue weighted by molar-refractivity contribution is 6.15. The van der Waals surface area contributed by atoms with Crippen molar-refractivity contribution < 1.29 is 35.4 Å². The Balaban J connectivity index is 1.91. The van der Waals surface area contributed by atoms with Gasteiger partial charge in [-0.15, -0.1) is 0 Å². The quantitative estimate of drug-likeness (QED) is 0.359. The molecule has 0 spiro atoms. The molecule has 1 saturated carbocycles. The summed E-state index contributed by atoms with van der Waals surface area (Å²) in [5.41, 5.74) is 1.63. The monoisotopic (exact) mass is 356 g/mol. The molecular formula is C19H16O7. The number of aromatic hydroxyl groups is 6. The van der Waals surface area contributed by atoms with E-state index in [2.05, 4.69) is 0 Å². The van der Waals surface area contributed by atoms with Crippen LogP contribution in [0.4, 0.5) is 0 Å². The number of benzene rings is 2. The molecule has 0 bridgehead atoms. The maximum absolute atomic E-state index is 12.5. The van der Waals surface area contributed by atoms with E-state index in [4.69, 9.17) is 0 Å². The highest BCUT2D eigenvalue weighted by Crippen LogP contribution is 2.39. The second kappa shape index (κ2) is 6.36. The third kappa shape index (κ3) is 3.14. The number of carbonyl (C=O) groups excluding carboxylic acids is 1. The lowest BCUT2D eigenvalue weighted by molar-refractivity contribution is -0.111. The fraction of sp³-hybridized carbons (Fsp3) is 0.105. The molecule has 3 rings (SSSR count). The molecule has 26 heavy (non-hydrogen) atoms. The Labute approximate surface area is 148 Å². The fourth-order valence-electron chi connectivity index (χ4n) is 2.80. The molecule has 6 N–H and O–H groups in total. The molecule has 0 heterocycles. The molecule has 0 atom stereocenters. The summed E-state index contributed by atoms with van der Waals surface area (Å²) < 4.78 is 0. The molecule has 7 nitrogen and oxygen atoms in total. The number of phenolic OH excluding ortho intramolecular Hbond substituents is 6. The third-order valence-corrected chi connectivity index (χ3v) is 4.11. The number of hydrogen-bond donors (Lipinski definition) is 6. The van der Waals surface area contributed by atoms with Crippen molar-refractivity contribution in [1.29, 1.82) is 0 Å². The van der Waals surface area contributed by atoms with Crippen LogP contribution in [0.2, 0.25) is 0 Å². The van der Waals surface area contributed by atoms with Gasteiger partial charge in [0.2, 0.25) is 0 Å². The summed E-state index contributed by atoms with van der Waals surface area (Å²) >= 11 is 0. The van der Waals surface area contributed by atoms with Crippen molar-refractivity contribution >= 4 is 17.9 Å². The van der Waals surface area contributed by atoms with Crippen LogP contribution in [0.25, 0.3) is 12.2 Å². The molecule has 0 amide bonds. The van der Waals surface area contributed by atoms with Crippen LogP contribution in [0.1, 0.15) is 24.0 Å². The molecule has 1 aliphatic carbocycles. The van der Waals surface area contributed by atoms with Crippen LogP contribution < -0.4 is 0 Å². The number of ketones is 1. The van der Waals surface area contributed by atoms with Gasteiger partial charge in [0.15, 0.2) is 40.3 Å². The number of allylic oxidation sites excluding steroid dienone is 2. The molecule has 0 unspecified atom stereocenters. The Morgan fingerprint density at radius 2 is 0.923 bits per heavy atom. The zero-order valence-corrected chi connectivity index (χ0v) is 13.5. The topological polar surface area (TPSA) is 138 Å².